The molecule has 1 aromatic carbocycles. The summed E-state index contributed by atoms with van der Waals surface area (Å²) in [5.41, 5.74) is 1.21. The van der Waals surface area contributed by atoms with Gasteiger partial charge in [-0.15, -0.1) is 11.3 Å². The Hall–Kier alpha value is -3.17. The Labute approximate surface area is 198 Å². The molecule has 3 heterocycles. The molecule has 33 heavy (non-hydrogen) atoms. The highest BCUT2D eigenvalue weighted by Crippen LogP contribution is 2.40. The highest BCUT2D eigenvalue weighted by Gasteiger charge is 2.35. The number of para-hydroxylation sites is 1. The van der Waals surface area contributed by atoms with Crippen molar-refractivity contribution in [1.29, 1.82) is 0 Å². The van der Waals surface area contributed by atoms with Crippen LogP contribution in [0.25, 0.3) is 6.08 Å². The van der Waals surface area contributed by atoms with Gasteiger partial charge in [0.25, 0.3) is 5.56 Å². The molecule has 1 atom stereocenters. The van der Waals surface area contributed by atoms with Crippen molar-refractivity contribution < 1.29 is 19.0 Å². The normalized spacial score (nSPS) is 15.8. The quantitative estimate of drug-likeness (QED) is 0.481. The van der Waals surface area contributed by atoms with Crippen LogP contribution in [-0.2, 0) is 9.53 Å². The molecule has 4 rings (SSSR count). The molecule has 1 aliphatic rings. The lowest BCUT2D eigenvalue weighted by molar-refractivity contribution is -0.136. The summed E-state index contributed by atoms with van der Waals surface area (Å²) in [5.74, 6) is 0.481. The summed E-state index contributed by atoms with van der Waals surface area (Å²) in [6, 6.07) is 8.58. The molecule has 0 amide bonds. The second-order valence-corrected chi connectivity index (χ2v) is 9.30. The number of carbonyl (C=O) groups is 1. The standard InChI is InChI=1S/C24H24N2O5S2/c1-5-11-31-21-16(9-6-10-17(21)29-3)20-19(23(28)30-4)14(2)25-24-26(20)22(27)18(33-24)13-15-8-7-12-32-15/h6-10,12-13,20H,5,11H2,1-4H3/b18-13+/t20-/m0/s1. The maximum atomic E-state index is 13.6. The number of esters is 1. The van der Waals surface area contributed by atoms with E-state index >= 15 is 0 Å². The number of nitrogens with zero attached hydrogens (tertiary/aromatic N) is 2. The summed E-state index contributed by atoms with van der Waals surface area (Å²) in [5, 5.41) is 1.96. The molecule has 172 valence electrons. The van der Waals surface area contributed by atoms with E-state index in [1.165, 1.54) is 18.4 Å². The Bertz CT molecular complexity index is 1380. The van der Waals surface area contributed by atoms with Crippen LogP contribution in [0.1, 0.15) is 36.8 Å². The fraction of sp³-hybridized carbons (Fsp3) is 0.292. The first kappa shape index (κ1) is 23.0. The minimum absolute atomic E-state index is 0.227. The van der Waals surface area contributed by atoms with Gasteiger partial charge in [0.15, 0.2) is 16.3 Å². The fourth-order valence-corrected chi connectivity index (χ4v) is 5.53. The average molecular weight is 485 g/mol. The van der Waals surface area contributed by atoms with E-state index in [1.54, 1.807) is 36.0 Å². The number of thiazole rings is 1. The van der Waals surface area contributed by atoms with Gasteiger partial charge < -0.3 is 14.2 Å². The first-order valence-electron chi connectivity index (χ1n) is 10.4. The van der Waals surface area contributed by atoms with E-state index in [1.807, 2.05) is 42.6 Å². The number of carbonyl (C=O) groups excluding carboxylic acids is 1. The molecule has 3 aromatic rings. The van der Waals surface area contributed by atoms with E-state index in [9.17, 15) is 9.59 Å². The number of allylic oxidation sites excluding steroid dienone is 1. The zero-order valence-electron chi connectivity index (χ0n) is 18.8. The predicted molar refractivity (Wildman–Crippen MR) is 129 cm³/mol. The second-order valence-electron chi connectivity index (χ2n) is 7.32. The number of rotatable bonds is 7. The van der Waals surface area contributed by atoms with Gasteiger partial charge in [-0.3, -0.25) is 9.36 Å². The first-order valence-corrected chi connectivity index (χ1v) is 12.1. The Kier molecular flexibility index (Phi) is 6.80. The van der Waals surface area contributed by atoms with Crippen LogP contribution in [0.3, 0.4) is 0 Å². The minimum atomic E-state index is -0.763. The molecule has 0 aliphatic carbocycles. The van der Waals surface area contributed by atoms with Crippen molar-refractivity contribution in [2.45, 2.75) is 26.3 Å². The largest absolute Gasteiger partial charge is 0.493 e. The third-order valence-electron chi connectivity index (χ3n) is 5.22. The molecule has 2 aromatic heterocycles. The van der Waals surface area contributed by atoms with Crippen LogP contribution in [0.15, 0.2) is 56.8 Å². The molecule has 0 saturated carbocycles. The van der Waals surface area contributed by atoms with Gasteiger partial charge in [0.2, 0.25) is 0 Å². The Balaban J connectivity index is 2.02. The Morgan fingerprint density at radius 3 is 2.73 bits per heavy atom. The van der Waals surface area contributed by atoms with Gasteiger partial charge >= 0.3 is 5.97 Å². The number of methoxy groups -OCH3 is 2. The summed E-state index contributed by atoms with van der Waals surface area (Å²) in [7, 11) is 2.88. The number of aromatic nitrogens is 1. The van der Waals surface area contributed by atoms with E-state index < -0.39 is 12.0 Å². The summed E-state index contributed by atoms with van der Waals surface area (Å²) in [4.78, 5) is 32.6. The lowest BCUT2D eigenvalue weighted by Crippen LogP contribution is -2.40. The zero-order chi connectivity index (χ0) is 23.5. The van der Waals surface area contributed by atoms with Crippen LogP contribution in [-0.4, -0.2) is 31.4 Å². The van der Waals surface area contributed by atoms with Crippen LogP contribution in [0.4, 0.5) is 0 Å². The first-order chi connectivity index (χ1) is 16.0. The lowest BCUT2D eigenvalue weighted by Gasteiger charge is -2.26. The van der Waals surface area contributed by atoms with Crippen molar-refractivity contribution in [2.24, 2.45) is 4.99 Å². The number of fused-ring (bicyclic) bond motifs is 1. The molecule has 0 saturated heterocycles. The highest BCUT2D eigenvalue weighted by atomic mass is 32.1. The van der Waals surface area contributed by atoms with Crippen LogP contribution in [0.5, 0.6) is 11.5 Å². The van der Waals surface area contributed by atoms with E-state index in [2.05, 4.69) is 4.99 Å². The van der Waals surface area contributed by atoms with Crippen molar-refractivity contribution in [3.63, 3.8) is 0 Å². The molecular weight excluding hydrogens is 460 g/mol. The van der Waals surface area contributed by atoms with Crippen LogP contribution in [0, 0.1) is 0 Å². The maximum absolute atomic E-state index is 13.6. The average Bonchev–Trinajstić information content (AvgIpc) is 3.44. The van der Waals surface area contributed by atoms with E-state index in [0.717, 1.165) is 11.3 Å². The number of hydrogen-bond acceptors (Lipinski definition) is 8. The van der Waals surface area contributed by atoms with Gasteiger partial charge in [-0.05, 0) is 36.9 Å². The van der Waals surface area contributed by atoms with Crippen molar-refractivity contribution in [1.82, 2.24) is 4.57 Å². The van der Waals surface area contributed by atoms with E-state index in [0.29, 0.717) is 44.3 Å². The summed E-state index contributed by atoms with van der Waals surface area (Å²) < 4.78 is 18.8. The van der Waals surface area contributed by atoms with Crippen molar-refractivity contribution in [2.75, 3.05) is 20.8 Å². The summed E-state index contributed by atoms with van der Waals surface area (Å²) in [6.07, 6.45) is 2.64. The number of hydrogen-bond donors (Lipinski definition) is 0. The molecule has 1 aliphatic heterocycles. The second kappa shape index (κ2) is 9.76. The molecular formula is C24H24N2O5S2. The van der Waals surface area contributed by atoms with Crippen molar-refractivity contribution in [3.05, 3.63) is 77.1 Å². The SMILES string of the molecule is CCCOc1c(OC)cccc1[C@H]1C(C(=O)OC)=C(C)N=c2s/c(=C/c3cccs3)c(=O)n21. The van der Waals surface area contributed by atoms with Gasteiger partial charge in [-0.25, -0.2) is 9.79 Å². The predicted octanol–water partition coefficient (Wildman–Crippen LogP) is 3.27. The van der Waals surface area contributed by atoms with Gasteiger partial charge in [0, 0.05) is 10.4 Å². The van der Waals surface area contributed by atoms with Gasteiger partial charge in [-0.2, -0.15) is 0 Å². The summed E-state index contributed by atoms with van der Waals surface area (Å²) in [6.45, 7) is 4.22. The fourth-order valence-electron chi connectivity index (χ4n) is 3.76. The van der Waals surface area contributed by atoms with Gasteiger partial charge in [0.05, 0.1) is 36.6 Å². The molecule has 9 heteroatoms. The lowest BCUT2D eigenvalue weighted by atomic mass is 9.94. The Morgan fingerprint density at radius 1 is 1.24 bits per heavy atom. The topological polar surface area (TPSA) is 79.1 Å². The molecule has 0 unspecified atom stereocenters. The zero-order valence-corrected chi connectivity index (χ0v) is 20.4. The highest BCUT2D eigenvalue weighted by molar-refractivity contribution is 7.11. The number of thiophene rings is 1. The number of benzene rings is 1. The third kappa shape index (κ3) is 4.26. The van der Waals surface area contributed by atoms with Crippen molar-refractivity contribution in [3.8, 4) is 11.5 Å². The molecule has 7 nitrogen and oxygen atoms in total. The number of ether oxygens (including phenoxy) is 3. The summed E-state index contributed by atoms with van der Waals surface area (Å²) >= 11 is 2.84. The minimum Gasteiger partial charge on any atom is -0.493 e. The Morgan fingerprint density at radius 2 is 2.06 bits per heavy atom. The van der Waals surface area contributed by atoms with E-state index in [-0.39, 0.29) is 5.56 Å². The molecule has 0 radical (unpaired) electrons. The van der Waals surface area contributed by atoms with Gasteiger partial charge in [-0.1, -0.05) is 36.5 Å². The van der Waals surface area contributed by atoms with Crippen molar-refractivity contribution >= 4 is 34.7 Å². The molecule has 0 bridgehead atoms. The smallest absolute Gasteiger partial charge is 0.338 e. The molecule has 0 N–H and O–H groups in total. The monoisotopic (exact) mass is 484 g/mol. The maximum Gasteiger partial charge on any atom is 0.338 e. The molecule has 0 spiro atoms. The van der Waals surface area contributed by atoms with Crippen LogP contribution in [0.2, 0.25) is 0 Å². The van der Waals surface area contributed by atoms with E-state index in [4.69, 9.17) is 14.2 Å². The van der Waals surface area contributed by atoms with Crippen LogP contribution < -0.4 is 24.4 Å². The molecule has 0 fully saturated rings. The third-order valence-corrected chi connectivity index (χ3v) is 7.02. The van der Waals surface area contributed by atoms with Crippen LogP contribution >= 0.6 is 22.7 Å². The van der Waals surface area contributed by atoms with Gasteiger partial charge in [0.1, 0.15) is 6.04 Å².